The van der Waals surface area contributed by atoms with Crippen LogP contribution in [0.4, 0.5) is 5.69 Å². The van der Waals surface area contributed by atoms with Gasteiger partial charge in [0.15, 0.2) is 5.11 Å². The number of carbonyl (C=O) groups excluding carboxylic acids is 1. The molecule has 0 saturated carbocycles. The van der Waals surface area contributed by atoms with Crippen LogP contribution >= 0.6 is 12.2 Å². The lowest BCUT2D eigenvalue weighted by atomic mass is 10.2. The Kier molecular flexibility index (Phi) is 9.99. The number of hydrogen-bond donors (Lipinski definition) is 2. The number of sulfonamides is 1. The predicted molar refractivity (Wildman–Crippen MR) is 137 cm³/mol. The summed E-state index contributed by atoms with van der Waals surface area (Å²) in [5, 5.41) is 5.50. The van der Waals surface area contributed by atoms with E-state index in [0.29, 0.717) is 12.3 Å². The smallest absolute Gasteiger partial charge is 0.250 e. The summed E-state index contributed by atoms with van der Waals surface area (Å²) in [6.45, 7) is 10.0. The first kappa shape index (κ1) is 26.0. The first-order chi connectivity index (χ1) is 15.8. The maximum Gasteiger partial charge on any atom is 0.250 e. The van der Waals surface area contributed by atoms with E-state index in [1.165, 1.54) is 34.7 Å². The van der Waals surface area contributed by atoms with Crippen LogP contribution in [0.3, 0.4) is 0 Å². The Labute approximate surface area is 200 Å². The summed E-state index contributed by atoms with van der Waals surface area (Å²) in [7, 11) is -3.69. The van der Waals surface area contributed by atoms with Crippen molar-refractivity contribution in [1.29, 1.82) is 0 Å². The van der Waals surface area contributed by atoms with Gasteiger partial charge in [0.25, 0.3) is 0 Å². The van der Waals surface area contributed by atoms with Gasteiger partial charge in [-0.3, -0.25) is 10.1 Å². The van der Waals surface area contributed by atoms with Crippen LogP contribution in [0.1, 0.15) is 12.5 Å². The molecule has 1 amide bonds. The van der Waals surface area contributed by atoms with E-state index in [1.54, 1.807) is 18.2 Å². The van der Waals surface area contributed by atoms with Crippen molar-refractivity contribution in [3.63, 3.8) is 0 Å². The summed E-state index contributed by atoms with van der Waals surface area (Å²) in [5.41, 5.74) is 1.37. The second kappa shape index (κ2) is 12.7. The zero-order valence-electron chi connectivity index (χ0n) is 18.4. The minimum absolute atomic E-state index is 0.0897. The fraction of sp³-hybridized carbons (Fsp3) is 0.167. The Morgan fingerprint density at radius 3 is 2.21 bits per heavy atom. The van der Waals surface area contributed by atoms with Crippen LogP contribution in [-0.4, -0.2) is 43.4 Å². The van der Waals surface area contributed by atoms with Gasteiger partial charge < -0.3 is 10.1 Å². The molecular weight excluding hydrogens is 458 g/mol. The highest BCUT2D eigenvalue weighted by Crippen LogP contribution is 2.18. The number of thiocarbonyl (C=S) groups is 1. The van der Waals surface area contributed by atoms with Gasteiger partial charge in [0.1, 0.15) is 5.75 Å². The Morgan fingerprint density at radius 2 is 1.67 bits per heavy atom. The second-order valence-corrected chi connectivity index (χ2v) is 9.05. The normalized spacial score (nSPS) is 11.2. The first-order valence-corrected chi connectivity index (χ1v) is 12.0. The molecule has 33 heavy (non-hydrogen) atoms. The van der Waals surface area contributed by atoms with Crippen LogP contribution in [0.15, 0.2) is 84.8 Å². The monoisotopic (exact) mass is 485 g/mol. The fourth-order valence-electron chi connectivity index (χ4n) is 2.75. The highest BCUT2D eigenvalue weighted by molar-refractivity contribution is 7.89. The van der Waals surface area contributed by atoms with Crippen molar-refractivity contribution in [2.24, 2.45) is 0 Å². The second-order valence-electron chi connectivity index (χ2n) is 6.70. The third-order valence-corrected chi connectivity index (χ3v) is 6.32. The summed E-state index contributed by atoms with van der Waals surface area (Å²) >= 11 is 5.16. The van der Waals surface area contributed by atoms with Gasteiger partial charge in [-0.1, -0.05) is 24.3 Å². The molecule has 0 radical (unpaired) electrons. The van der Waals surface area contributed by atoms with Gasteiger partial charge >= 0.3 is 0 Å². The number of rotatable bonds is 11. The average molecular weight is 486 g/mol. The molecule has 2 N–H and O–H groups in total. The third kappa shape index (κ3) is 7.98. The van der Waals surface area contributed by atoms with Gasteiger partial charge in [0.2, 0.25) is 15.9 Å². The molecule has 0 spiro atoms. The number of ether oxygens (including phenoxy) is 1. The van der Waals surface area contributed by atoms with Crippen LogP contribution in [-0.2, 0) is 14.8 Å². The molecule has 0 atom stereocenters. The predicted octanol–water partition coefficient (Wildman–Crippen LogP) is 3.97. The lowest BCUT2D eigenvalue weighted by molar-refractivity contribution is -0.115. The molecule has 174 valence electrons. The van der Waals surface area contributed by atoms with E-state index in [-0.39, 0.29) is 23.1 Å². The number of benzene rings is 2. The molecular formula is C24H27N3O4S2. The van der Waals surface area contributed by atoms with Gasteiger partial charge in [-0.2, -0.15) is 4.31 Å². The summed E-state index contributed by atoms with van der Waals surface area (Å²) in [5.74, 6) is 0.363. The molecule has 2 aromatic rings. The molecule has 0 heterocycles. The Hall–Kier alpha value is -3.27. The summed E-state index contributed by atoms with van der Waals surface area (Å²) in [4.78, 5) is 12.2. The topological polar surface area (TPSA) is 87.7 Å². The largest absolute Gasteiger partial charge is 0.494 e. The number of amides is 1. The zero-order valence-corrected chi connectivity index (χ0v) is 20.0. The molecule has 0 aliphatic rings. The molecule has 2 aromatic carbocycles. The average Bonchev–Trinajstić information content (AvgIpc) is 2.79. The SMILES string of the molecule is C=CCN(CC=C)S(=O)(=O)c1ccc(NC(=S)NC(=O)/C=C/c2ccc(OCC)cc2)cc1. The van der Waals surface area contributed by atoms with Gasteiger partial charge in [-0.05, 0) is 67.2 Å². The van der Waals surface area contributed by atoms with Crippen molar-refractivity contribution in [3.05, 3.63) is 85.5 Å². The van der Waals surface area contributed by atoms with Gasteiger partial charge in [-0.25, -0.2) is 8.42 Å². The molecule has 0 aliphatic heterocycles. The van der Waals surface area contributed by atoms with E-state index < -0.39 is 15.9 Å². The van der Waals surface area contributed by atoms with Crippen LogP contribution in [0.5, 0.6) is 5.75 Å². The van der Waals surface area contributed by atoms with Crippen LogP contribution in [0.25, 0.3) is 6.08 Å². The van der Waals surface area contributed by atoms with Crippen LogP contribution < -0.4 is 15.4 Å². The van der Waals surface area contributed by atoms with E-state index in [4.69, 9.17) is 17.0 Å². The minimum atomic E-state index is -3.69. The highest BCUT2D eigenvalue weighted by atomic mass is 32.2. The van der Waals surface area contributed by atoms with Crippen LogP contribution in [0, 0.1) is 0 Å². The van der Waals surface area contributed by atoms with Crippen LogP contribution in [0.2, 0.25) is 0 Å². The summed E-state index contributed by atoms with van der Waals surface area (Å²) in [6.07, 6.45) is 6.06. The maximum atomic E-state index is 12.7. The third-order valence-electron chi connectivity index (χ3n) is 4.27. The molecule has 0 fully saturated rings. The molecule has 2 rings (SSSR count). The molecule has 0 unspecified atom stereocenters. The Balaban J connectivity index is 1.95. The first-order valence-electron chi connectivity index (χ1n) is 10.1. The summed E-state index contributed by atoms with van der Waals surface area (Å²) in [6, 6.07) is 13.4. The lowest BCUT2D eigenvalue weighted by Crippen LogP contribution is -2.33. The molecule has 7 nitrogen and oxygen atoms in total. The molecule has 9 heteroatoms. The standard InChI is InChI=1S/C24H27N3O4S2/c1-4-17-27(18-5-2)33(29,30)22-14-10-20(11-15-22)25-24(32)26-23(28)16-9-19-7-12-21(13-8-19)31-6-3/h4-5,7-16H,1-2,6,17-18H2,3H3,(H2,25,26,28,32)/b16-9+. The molecule has 0 saturated heterocycles. The Bertz CT molecular complexity index is 1100. The number of nitrogens with one attached hydrogen (secondary N) is 2. The van der Waals surface area contributed by atoms with Crippen molar-refractivity contribution in [1.82, 2.24) is 9.62 Å². The number of hydrogen-bond acceptors (Lipinski definition) is 5. The van der Waals surface area contributed by atoms with Crippen molar-refractivity contribution in [2.45, 2.75) is 11.8 Å². The van der Waals surface area contributed by atoms with Crippen molar-refractivity contribution < 1.29 is 17.9 Å². The van der Waals surface area contributed by atoms with E-state index in [1.807, 2.05) is 31.2 Å². The van der Waals surface area contributed by atoms with E-state index >= 15 is 0 Å². The lowest BCUT2D eigenvalue weighted by Gasteiger charge is -2.19. The number of anilines is 1. The van der Waals surface area contributed by atoms with E-state index in [9.17, 15) is 13.2 Å². The minimum Gasteiger partial charge on any atom is -0.494 e. The molecule has 0 aromatic heterocycles. The molecule has 0 aliphatic carbocycles. The fourth-order valence-corrected chi connectivity index (χ4v) is 4.35. The quantitative estimate of drug-likeness (QED) is 0.284. The van der Waals surface area contributed by atoms with Crippen molar-refractivity contribution in [3.8, 4) is 5.75 Å². The van der Waals surface area contributed by atoms with Gasteiger partial charge in [-0.15, -0.1) is 13.2 Å². The van der Waals surface area contributed by atoms with E-state index in [0.717, 1.165) is 11.3 Å². The van der Waals surface area contributed by atoms with Gasteiger partial charge in [0.05, 0.1) is 11.5 Å². The van der Waals surface area contributed by atoms with Crippen molar-refractivity contribution >= 4 is 45.0 Å². The summed E-state index contributed by atoms with van der Waals surface area (Å²) < 4.78 is 32.1. The maximum absolute atomic E-state index is 12.7. The number of nitrogens with zero attached hydrogens (tertiary/aromatic N) is 1. The highest BCUT2D eigenvalue weighted by Gasteiger charge is 2.22. The number of carbonyl (C=O) groups is 1. The Morgan fingerprint density at radius 1 is 1.06 bits per heavy atom. The van der Waals surface area contributed by atoms with E-state index in [2.05, 4.69) is 23.8 Å². The molecule has 0 bridgehead atoms. The van der Waals surface area contributed by atoms with Gasteiger partial charge in [0, 0.05) is 24.9 Å². The zero-order chi connectivity index (χ0) is 24.3. The van der Waals surface area contributed by atoms with Crippen molar-refractivity contribution in [2.75, 3.05) is 25.0 Å².